The summed E-state index contributed by atoms with van der Waals surface area (Å²) >= 11 is 0. The number of nitrogens with zero attached hydrogens (tertiary/aromatic N) is 6. The molecular formula is C26H22N6O. The first kappa shape index (κ1) is 19.5. The number of hydrogen-bond acceptors (Lipinski definition) is 5. The van der Waals surface area contributed by atoms with E-state index in [1.165, 1.54) is 5.56 Å². The number of fused-ring (bicyclic) bond motifs is 3. The Morgan fingerprint density at radius 1 is 1.06 bits per heavy atom. The topological polar surface area (TPSA) is 78.0 Å². The molecule has 6 rings (SSSR count). The lowest BCUT2D eigenvalue weighted by Gasteiger charge is -2.28. The second kappa shape index (κ2) is 7.45. The van der Waals surface area contributed by atoms with Gasteiger partial charge in [-0.1, -0.05) is 30.3 Å². The van der Waals surface area contributed by atoms with Crippen molar-refractivity contribution in [1.29, 1.82) is 5.26 Å². The SMILES string of the molecule is CN1CCc2cc(-c3ccc(C(=O)N4CCn5nc(C#N)cc5C4)c4ccccc34)cnc21. The molecule has 0 saturated heterocycles. The first-order chi connectivity index (χ1) is 16.1. The fourth-order valence-corrected chi connectivity index (χ4v) is 4.97. The van der Waals surface area contributed by atoms with Crippen molar-refractivity contribution in [2.45, 2.75) is 19.5 Å². The van der Waals surface area contributed by atoms with Crippen LogP contribution in [0.5, 0.6) is 0 Å². The lowest BCUT2D eigenvalue weighted by molar-refractivity contribution is 0.0708. The molecule has 0 spiro atoms. The van der Waals surface area contributed by atoms with Crippen LogP contribution in [0.15, 0.2) is 54.7 Å². The van der Waals surface area contributed by atoms with Crippen molar-refractivity contribution in [2.24, 2.45) is 0 Å². The highest BCUT2D eigenvalue weighted by Crippen LogP contribution is 2.34. The number of anilines is 1. The summed E-state index contributed by atoms with van der Waals surface area (Å²) in [5.41, 5.74) is 5.40. The van der Waals surface area contributed by atoms with E-state index in [0.29, 0.717) is 30.9 Å². The Balaban J connectivity index is 1.38. The molecule has 0 atom stereocenters. The zero-order valence-electron chi connectivity index (χ0n) is 18.3. The molecule has 4 aromatic rings. The molecule has 2 aliphatic heterocycles. The Morgan fingerprint density at radius 3 is 2.76 bits per heavy atom. The van der Waals surface area contributed by atoms with Crippen molar-refractivity contribution in [2.75, 3.05) is 25.0 Å². The summed E-state index contributed by atoms with van der Waals surface area (Å²) in [6.07, 6.45) is 2.93. The highest BCUT2D eigenvalue weighted by atomic mass is 16.2. The molecule has 0 fully saturated rings. The van der Waals surface area contributed by atoms with Crippen LogP contribution in [0.2, 0.25) is 0 Å². The van der Waals surface area contributed by atoms with Gasteiger partial charge >= 0.3 is 0 Å². The summed E-state index contributed by atoms with van der Waals surface area (Å²) in [5, 5.41) is 15.4. The maximum atomic E-state index is 13.6. The molecule has 162 valence electrons. The third-order valence-electron chi connectivity index (χ3n) is 6.69. The van der Waals surface area contributed by atoms with Gasteiger partial charge in [0.2, 0.25) is 0 Å². The highest BCUT2D eigenvalue weighted by molar-refractivity contribution is 6.11. The predicted molar refractivity (Wildman–Crippen MR) is 126 cm³/mol. The molecule has 1 amide bonds. The minimum absolute atomic E-state index is 0.00240. The predicted octanol–water partition coefficient (Wildman–Crippen LogP) is 3.62. The lowest BCUT2D eigenvalue weighted by atomic mass is 9.94. The van der Waals surface area contributed by atoms with Gasteiger partial charge in [0.05, 0.1) is 18.8 Å². The second-order valence-corrected chi connectivity index (χ2v) is 8.67. The molecule has 0 N–H and O–H groups in total. The molecule has 33 heavy (non-hydrogen) atoms. The van der Waals surface area contributed by atoms with E-state index >= 15 is 0 Å². The van der Waals surface area contributed by atoms with Crippen LogP contribution in [0, 0.1) is 11.3 Å². The van der Waals surface area contributed by atoms with E-state index in [0.717, 1.165) is 46.4 Å². The standard InChI is InChI=1S/C26H22N6O/c1-30-9-8-17-12-18(15-28-25(17)30)21-6-7-24(23-5-3-2-4-22(21)23)26(33)31-10-11-32-20(16-31)13-19(14-27)29-32/h2-7,12-13,15H,8-11,16H2,1H3. The molecule has 0 aliphatic carbocycles. The molecule has 0 bridgehead atoms. The van der Waals surface area contributed by atoms with Crippen LogP contribution < -0.4 is 4.90 Å². The van der Waals surface area contributed by atoms with Crippen LogP contribution in [-0.4, -0.2) is 45.7 Å². The van der Waals surface area contributed by atoms with E-state index in [1.807, 2.05) is 46.1 Å². The summed E-state index contributed by atoms with van der Waals surface area (Å²) in [4.78, 5) is 22.3. The van der Waals surface area contributed by atoms with Crippen molar-refractivity contribution < 1.29 is 4.79 Å². The van der Waals surface area contributed by atoms with E-state index in [4.69, 9.17) is 10.2 Å². The zero-order valence-corrected chi connectivity index (χ0v) is 18.3. The van der Waals surface area contributed by atoms with E-state index in [-0.39, 0.29) is 5.91 Å². The van der Waals surface area contributed by atoms with Crippen LogP contribution in [0.3, 0.4) is 0 Å². The molecule has 2 aromatic carbocycles. The Kier molecular flexibility index (Phi) is 4.40. The van der Waals surface area contributed by atoms with Gasteiger partial charge in [-0.25, -0.2) is 4.98 Å². The van der Waals surface area contributed by atoms with E-state index in [1.54, 1.807) is 6.07 Å². The van der Waals surface area contributed by atoms with E-state index in [2.05, 4.69) is 35.2 Å². The van der Waals surface area contributed by atoms with Crippen molar-refractivity contribution in [3.05, 3.63) is 77.2 Å². The minimum atomic E-state index is -0.00240. The van der Waals surface area contributed by atoms with Crippen LogP contribution in [-0.2, 0) is 19.5 Å². The van der Waals surface area contributed by atoms with Crippen LogP contribution in [0.4, 0.5) is 5.82 Å². The summed E-state index contributed by atoms with van der Waals surface area (Å²) in [7, 11) is 2.07. The Bertz CT molecular complexity index is 1460. The van der Waals surface area contributed by atoms with Gasteiger partial charge in [-0.05, 0) is 46.5 Å². The number of rotatable bonds is 2. The molecule has 0 saturated carbocycles. The number of carbonyl (C=O) groups excluding carboxylic acids is 1. The average Bonchev–Trinajstić information content (AvgIpc) is 3.45. The van der Waals surface area contributed by atoms with Gasteiger partial charge in [-0.3, -0.25) is 9.48 Å². The highest BCUT2D eigenvalue weighted by Gasteiger charge is 2.25. The van der Waals surface area contributed by atoms with Crippen molar-refractivity contribution in [3.63, 3.8) is 0 Å². The fourth-order valence-electron chi connectivity index (χ4n) is 4.97. The molecule has 0 unspecified atom stereocenters. The Labute approximate surface area is 191 Å². The molecule has 2 aliphatic rings. The summed E-state index contributed by atoms with van der Waals surface area (Å²) < 4.78 is 1.82. The fraction of sp³-hybridized carbons (Fsp3) is 0.231. The van der Waals surface area contributed by atoms with Crippen LogP contribution >= 0.6 is 0 Å². The summed E-state index contributed by atoms with van der Waals surface area (Å²) in [6.45, 7) is 2.60. The summed E-state index contributed by atoms with van der Waals surface area (Å²) in [6, 6.07) is 18.1. The quantitative estimate of drug-likeness (QED) is 0.482. The molecule has 0 radical (unpaired) electrons. The van der Waals surface area contributed by atoms with E-state index < -0.39 is 0 Å². The van der Waals surface area contributed by atoms with Crippen molar-refractivity contribution in [3.8, 4) is 17.2 Å². The Morgan fingerprint density at radius 2 is 1.91 bits per heavy atom. The number of amides is 1. The molecule has 2 aromatic heterocycles. The van der Waals surface area contributed by atoms with Gasteiger partial charge in [0.1, 0.15) is 11.9 Å². The molecular weight excluding hydrogens is 412 g/mol. The number of benzene rings is 2. The van der Waals surface area contributed by atoms with Gasteiger partial charge in [0.25, 0.3) is 5.91 Å². The largest absolute Gasteiger partial charge is 0.359 e. The maximum Gasteiger partial charge on any atom is 0.254 e. The smallest absolute Gasteiger partial charge is 0.254 e. The molecule has 7 heteroatoms. The first-order valence-corrected chi connectivity index (χ1v) is 11.1. The number of nitriles is 1. The number of hydrogen-bond donors (Lipinski definition) is 0. The number of aromatic nitrogens is 3. The van der Waals surface area contributed by atoms with Crippen molar-refractivity contribution in [1.82, 2.24) is 19.7 Å². The van der Waals surface area contributed by atoms with Crippen LogP contribution in [0.25, 0.3) is 21.9 Å². The lowest BCUT2D eigenvalue weighted by Crippen LogP contribution is -2.38. The monoisotopic (exact) mass is 434 g/mol. The van der Waals surface area contributed by atoms with E-state index in [9.17, 15) is 4.79 Å². The third kappa shape index (κ3) is 3.14. The van der Waals surface area contributed by atoms with Gasteiger partial charge < -0.3 is 9.80 Å². The second-order valence-electron chi connectivity index (χ2n) is 8.67. The Hall–Kier alpha value is -4.18. The minimum Gasteiger partial charge on any atom is -0.359 e. The number of pyridine rings is 1. The first-order valence-electron chi connectivity index (χ1n) is 11.1. The third-order valence-corrected chi connectivity index (χ3v) is 6.69. The van der Waals surface area contributed by atoms with Gasteiger partial charge in [0.15, 0.2) is 5.69 Å². The maximum absolute atomic E-state index is 13.6. The number of likely N-dealkylation sites (N-methyl/N-ethyl adjacent to an activating group) is 1. The zero-order chi connectivity index (χ0) is 22.5. The molecule has 4 heterocycles. The molecule has 7 nitrogen and oxygen atoms in total. The summed E-state index contributed by atoms with van der Waals surface area (Å²) in [5.74, 6) is 1.05. The normalized spacial score (nSPS) is 14.8. The van der Waals surface area contributed by atoms with Crippen LogP contribution in [0.1, 0.15) is 27.3 Å². The number of carbonyl (C=O) groups is 1. The van der Waals surface area contributed by atoms with Gasteiger partial charge in [-0.15, -0.1) is 0 Å². The van der Waals surface area contributed by atoms with Gasteiger partial charge in [0, 0.05) is 37.5 Å². The van der Waals surface area contributed by atoms with Gasteiger partial charge in [-0.2, -0.15) is 10.4 Å². The van der Waals surface area contributed by atoms with Crippen molar-refractivity contribution >= 4 is 22.5 Å². The average molecular weight is 435 g/mol.